The maximum absolute atomic E-state index is 11.7. The van der Waals surface area contributed by atoms with Gasteiger partial charge >= 0.3 is 6.03 Å². The van der Waals surface area contributed by atoms with Crippen LogP contribution in [-0.4, -0.2) is 21.6 Å². The van der Waals surface area contributed by atoms with Gasteiger partial charge in [-0.25, -0.2) is 9.78 Å². The lowest BCUT2D eigenvalue weighted by Crippen LogP contribution is -2.40. The van der Waals surface area contributed by atoms with Crippen LogP contribution in [0.2, 0.25) is 0 Å². The van der Waals surface area contributed by atoms with Crippen LogP contribution in [0.25, 0.3) is 0 Å². The second-order valence-corrected chi connectivity index (χ2v) is 4.70. The molecule has 1 aromatic heterocycles. The standard InChI is InChI=1S/C11H15N3O/c15-11(14-4-3-12-7-14)13-10-6-8-1-2-9(10)5-8/h3-4,7-10H,1-2,5-6H2,(H,13,15). The van der Waals surface area contributed by atoms with Gasteiger partial charge in [0.05, 0.1) is 0 Å². The molecule has 2 bridgehead atoms. The molecule has 0 spiro atoms. The Labute approximate surface area is 88.7 Å². The van der Waals surface area contributed by atoms with E-state index in [0.717, 1.165) is 11.8 Å². The number of nitrogens with one attached hydrogen (secondary N) is 1. The molecule has 4 nitrogen and oxygen atoms in total. The van der Waals surface area contributed by atoms with Crippen molar-refractivity contribution in [2.45, 2.75) is 31.7 Å². The number of aromatic nitrogens is 2. The first-order valence-corrected chi connectivity index (χ1v) is 5.62. The maximum Gasteiger partial charge on any atom is 0.327 e. The molecule has 3 rings (SSSR count). The van der Waals surface area contributed by atoms with E-state index < -0.39 is 0 Å². The molecule has 4 heteroatoms. The number of nitrogens with zero attached hydrogens (tertiary/aromatic N) is 2. The Morgan fingerprint density at radius 1 is 1.40 bits per heavy atom. The molecule has 2 aliphatic rings. The lowest BCUT2D eigenvalue weighted by atomic mass is 9.95. The molecule has 2 fully saturated rings. The van der Waals surface area contributed by atoms with Crippen molar-refractivity contribution in [2.75, 3.05) is 0 Å². The Morgan fingerprint density at radius 2 is 2.33 bits per heavy atom. The van der Waals surface area contributed by atoms with Crippen LogP contribution in [0, 0.1) is 11.8 Å². The zero-order valence-electron chi connectivity index (χ0n) is 8.60. The number of carbonyl (C=O) groups is 1. The first kappa shape index (κ1) is 8.95. The maximum atomic E-state index is 11.7. The van der Waals surface area contributed by atoms with Crippen LogP contribution in [-0.2, 0) is 0 Å². The van der Waals surface area contributed by atoms with E-state index in [1.165, 1.54) is 30.3 Å². The highest BCUT2D eigenvalue weighted by Crippen LogP contribution is 2.44. The molecule has 2 aliphatic carbocycles. The summed E-state index contributed by atoms with van der Waals surface area (Å²) in [4.78, 5) is 15.6. The lowest BCUT2D eigenvalue weighted by Gasteiger charge is -2.22. The summed E-state index contributed by atoms with van der Waals surface area (Å²) in [5, 5.41) is 3.10. The quantitative estimate of drug-likeness (QED) is 0.757. The third-order valence-corrected chi connectivity index (χ3v) is 3.79. The molecule has 80 valence electrons. The molecule has 1 N–H and O–H groups in total. The van der Waals surface area contributed by atoms with Crippen LogP contribution in [0.1, 0.15) is 25.7 Å². The highest BCUT2D eigenvalue weighted by atomic mass is 16.2. The number of carbonyl (C=O) groups excluding carboxylic acids is 1. The van der Waals surface area contributed by atoms with Crippen molar-refractivity contribution in [3.05, 3.63) is 18.7 Å². The lowest BCUT2D eigenvalue weighted by molar-refractivity contribution is 0.232. The van der Waals surface area contributed by atoms with E-state index in [2.05, 4.69) is 10.3 Å². The number of fused-ring (bicyclic) bond motifs is 2. The van der Waals surface area contributed by atoms with Crippen LogP contribution in [0.3, 0.4) is 0 Å². The van der Waals surface area contributed by atoms with Gasteiger partial charge in [0.15, 0.2) is 0 Å². The molecule has 1 heterocycles. The van der Waals surface area contributed by atoms with Gasteiger partial charge < -0.3 is 5.32 Å². The Morgan fingerprint density at radius 3 is 2.93 bits per heavy atom. The Bertz CT molecular complexity index is 360. The van der Waals surface area contributed by atoms with E-state index in [-0.39, 0.29) is 6.03 Å². The predicted octanol–water partition coefficient (Wildman–Crippen LogP) is 1.63. The van der Waals surface area contributed by atoms with Crippen molar-refractivity contribution < 1.29 is 4.79 Å². The molecule has 1 amide bonds. The first-order valence-electron chi connectivity index (χ1n) is 5.62. The van der Waals surface area contributed by atoms with Crippen molar-refractivity contribution in [1.82, 2.24) is 14.9 Å². The van der Waals surface area contributed by atoms with E-state index >= 15 is 0 Å². The Hall–Kier alpha value is -1.32. The van der Waals surface area contributed by atoms with Crippen molar-refractivity contribution in [2.24, 2.45) is 11.8 Å². The molecule has 3 unspecified atom stereocenters. The van der Waals surface area contributed by atoms with E-state index in [0.29, 0.717) is 6.04 Å². The molecule has 15 heavy (non-hydrogen) atoms. The highest BCUT2D eigenvalue weighted by Gasteiger charge is 2.40. The van der Waals surface area contributed by atoms with Crippen LogP contribution in [0.4, 0.5) is 4.79 Å². The van der Waals surface area contributed by atoms with Gasteiger partial charge in [-0.2, -0.15) is 0 Å². The smallest absolute Gasteiger partial charge is 0.327 e. The molecule has 0 aromatic carbocycles. The Kier molecular flexibility index (Phi) is 2.01. The summed E-state index contributed by atoms with van der Waals surface area (Å²) < 4.78 is 1.51. The summed E-state index contributed by atoms with van der Waals surface area (Å²) in [6, 6.07) is 0.365. The van der Waals surface area contributed by atoms with Gasteiger partial charge in [-0.3, -0.25) is 4.57 Å². The minimum absolute atomic E-state index is 0.0370. The molecule has 0 aliphatic heterocycles. The summed E-state index contributed by atoms with van der Waals surface area (Å²) in [5.41, 5.74) is 0. The number of amides is 1. The molecule has 1 aromatic rings. The van der Waals surface area contributed by atoms with Crippen molar-refractivity contribution in [1.29, 1.82) is 0 Å². The molecular weight excluding hydrogens is 190 g/mol. The Balaban J connectivity index is 1.64. The molecule has 2 saturated carbocycles. The second-order valence-electron chi connectivity index (χ2n) is 4.70. The third-order valence-electron chi connectivity index (χ3n) is 3.79. The third kappa shape index (κ3) is 1.54. The minimum Gasteiger partial charge on any atom is -0.334 e. The number of hydrogen-bond donors (Lipinski definition) is 1. The predicted molar refractivity (Wildman–Crippen MR) is 55.4 cm³/mol. The van der Waals surface area contributed by atoms with Gasteiger partial charge in [-0.05, 0) is 31.1 Å². The first-order chi connectivity index (χ1) is 7.33. The zero-order chi connectivity index (χ0) is 10.3. The van der Waals surface area contributed by atoms with Gasteiger partial charge in [-0.1, -0.05) is 6.42 Å². The molecule has 0 radical (unpaired) electrons. The fourth-order valence-corrected chi connectivity index (χ4v) is 3.03. The van der Waals surface area contributed by atoms with Crippen molar-refractivity contribution in [3.8, 4) is 0 Å². The monoisotopic (exact) mass is 205 g/mol. The number of hydrogen-bond acceptors (Lipinski definition) is 2. The van der Waals surface area contributed by atoms with Gasteiger partial charge in [-0.15, -0.1) is 0 Å². The summed E-state index contributed by atoms with van der Waals surface area (Å²) in [5.74, 6) is 1.59. The van der Waals surface area contributed by atoms with Crippen LogP contribution in [0.5, 0.6) is 0 Å². The van der Waals surface area contributed by atoms with Gasteiger partial charge in [0.25, 0.3) is 0 Å². The van der Waals surface area contributed by atoms with E-state index in [1.54, 1.807) is 18.7 Å². The van der Waals surface area contributed by atoms with Gasteiger partial charge in [0, 0.05) is 18.4 Å². The van der Waals surface area contributed by atoms with Gasteiger partial charge in [0.1, 0.15) is 6.33 Å². The minimum atomic E-state index is -0.0370. The summed E-state index contributed by atoms with van der Waals surface area (Å²) in [7, 11) is 0. The van der Waals surface area contributed by atoms with E-state index in [9.17, 15) is 4.79 Å². The molecule has 3 atom stereocenters. The summed E-state index contributed by atoms with van der Waals surface area (Å²) in [6.45, 7) is 0. The number of imidazole rings is 1. The van der Waals surface area contributed by atoms with Crippen LogP contribution >= 0.6 is 0 Å². The number of rotatable bonds is 1. The zero-order valence-corrected chi connectivity index (χ0v) is 8.60. The average Bonchev–Trinajstić information content (AvgIpc) is 2.95. The largest absolute Gasteiger partial charge is 0.334 e. The van der Waals surface area contributed by atoms with E-state index in [1.807, 2.05) is 0 Å². The van der Waals surface area contributed by atoms with Crippen LogP contribution in [0.15, 0.2) is 18.7 Å². The van der Waals surface area contributed by atoms with E-state index in [4.69, 9.17) is 0 Å². The topological polar surface area (TPSA) is 46.9 Å². The average molecular weight is 205 g/mol. The second kappa shape index (κ2) is 3.36. The molecular formula is C11H15N3O. The highest BCUT2D eigenvalue weighted by molar-refractivity contribution is 5.76. The van der Waals surface area contributed by atoms with Crippen molar-refractivity contribution in [3.63, 3.8) is 0 Å². The fourth-order valence-electron chi connectivity index (χ4n) is 3.03. The van der Waals surface area contributed by atoms with Crippen LogP contribution < -0.4 is 5.32 Å². The summed E-state index contributed by atoms with van der Waals surface area (Å²) >= 11 is 0. The normalized spacial score (nSPS) is 33.2. The SMILES string of the molecule is O=C(NC1CC2CCC1C2)n1ccnc1. The van der Waals surface area contributed by atoms with Gasteiger partial charge in [0.2, 0.25) is 0 Å². The summed E-state index contributed by atoms with van der Waals surface area (Å²) in [6.07, 6.45) is 9.99. The fraction of sp³-hybridized carbons (Fsp3) is 0.636. The molecule has 0 saturated heterocycles. The van der Waals surface area contributed by atoms with Crippen molar-refractivity contribution >= 4 is 6.03 Å².